The molecule has 0 aliphatic carbocycles. The molecule has 1 atom stereocenters. The number of hydrogen-bond acceptors (Lipinski definition) is 4. The third-order valence-corrected chi connectivity index (χ3v) is 7.36. The normalized spacial score (nSPS) is 12.5. The fourth-order valence-electron chi connectivity index (χ4n) is 4.09. The second-order valence-electron chi connectivity index (χ2n) is 9.38. The maximum absolute atomic E-state index is 8.78. The minimum absolute atomic E-state index is 0.0340. The lowest BCUT2D eigenvalue weighted by Gasteiger charge is -2.16. The van der Waals surface area contributed by atoms with Gasteiger partial charge in [-0.3, -0.25) is 0 Å². The van der Waals surface area contributed by atoms with Crippen LogP contribution in [0.15, 0.2) is 0 Å². The monoisotopic (exact) mass is 474 g/mol. The summed E-state index contributed by atoms with van der Waals surface area (Å²) in [7, 11) is 1.76. The van der Waals surface area contributed by atoms with Gasteiger partial charge in [0.25, 0.3) is 0 Å². The van der Waals surface area contributed by atoms with Crippen molar-refractivity contribution in [3.63, 3.8) is 0 Å². The number of unbranched alkanes of at least 4 members (excludes halogenated alkanes) is 18. The van der Waals surface area contributed by atoms with Gasteiger partial charge in [-0.2, -0.15) is 11.8 Å². The Labute approximate surface area is 206 Å². The van der Waals surface area contributed by atoms with E-state index in [1.165, 1.54) is 115 Å². The van der Waals surface area contributed by atoms with E-state index in [1.807, 2.05) is 11.8 Å². The summed E-state index contributed by atoms with van der Waals surface area (Å²) in [6.45, 7) is 3.46. The molecule has 4 heteroatoms. The Kier molecular flexibility index (Phi) is 29.5. The van der Waals surface area contributed by atoms with Crippen molar-refractivity contribution >= 4 is 11.8 Å². The third-order valence-electron chi connectivity index (χ3n) is 6.26. The Balaban J connectivity index is 3.22. The van der Waals surface area contributed by atoms with Gasteiger partial charge in [0, 0.05) is 26.7 Å². The van der Waals surface area contributed by atoms with Crippen molar-refractivity contribution in [1.29, 1.82) is 0 Å². The molecule has 0 rings (SSSR count). The number of ether oxygens (including phenoxy) is 2. The van der Waals surface area contributed by atoms with Crippen molar-refractivity contribution in [1.82, 2.24) is 0 Å². The Morgan fingerprint density at radius 3 is 1.56 bits per heavy atom. The minimum atomic E-state index is -0.0340. The van der Waals surface area contributed by atoms with Crippen molar-refractivity contribution in [2.75, 3.05) is 31.8 Å². The van der Waals surface area contributed by atoms with Crippen molar-refractivity contribution in [3.05, 3.63) is 0 Å². The van der Waals surface area contributed by atoms with Crippen LogP contribution in [0, 0.1) is 0 Å². The second kappa shape index (κ2) is 29.3. The lowest BCUT2D eigenvalue weighted by atomic mass is 10.0. The lowest BCUT2D eigenvalue weighted by Crippen LogP contribution is -2.17. The largest absolute Gasteiger partial charge is 0.396 e. The maximum Gasteiger partial charge on any atom is 0.157 e. The quantitative estimate of drug-likeness (QED) is 0.0907. The first kappa shape index (κ1) is 32.2. The fourth-order valence-corrected chi connectivity index (χ4v) is 5.06. The molecule has 0 heterocycles. The number of hydrogen-bond donors (Lipinski definition) is 1. The number of aliphatic hydroxyl groups excluding tert-OH is 1. The van der Waals surface area contributed by atoms with E-state index in [-0.39, 0.29) is 6.29 Å². The highest BCUT2D eigenvalue weighted by Crippen LogP contribution is 2.15. The molecule has 3 nitrogen and oxygen atoms in total. The van der Waals surface area contributed by atoms with Gasteiger partial charge in [0.2, 0.25) is 0 Å². The smallest absolute Gasteiger partial charge is 0.157 e. The maximum atomic E-state index is 8.78. The average molecular weight is 475 g/mol. The SMILES string of the molecule is CCCCCCCCCCCCCCCCCCOC(CCSCCCCCCO)OC. The zero-order valence-electron chi connectivity index (χ0n) is 21.9. The first-order valence-corrected chi connectivity index (χ1v) is 15.3. The molecule has 0 spiro atoms. The zero-order chi connectivity index (χ0) is 23.4. The summed E-state index contributed by atoms with van der Waals surface area (Å²) >= 11 is 2.00. The van der Waals surface area contributed by atoms with Crippen LogP contribution in [0.3, 0.4) is 0 Å². The number of methoxy groups -OCH3 is 1. The highest BCUT2D eigenvalue weighted by molar-refractivity contribution is 7.99. The van der Waals surface area contributed by atoms with Crippen molar-refractivity contribution in [3.8, 4) is 0 Å². The Morgan fingerprint density at radius 2 is 1.06 bits per heavy atom. The highest BCUT2D eigenvalue weighted by atomic mass is 32.2. The van der Waals surface area contributed by atoms with Gasteiger partial charge in [-0.05, 0) is 30.8 Å². The van der Waals surface area contributed by atoms with Crippen LogP contribution in [-0.4, -0.2) is 43.2 Å². The first-order chi connectivity index (χ1) is 15.8. The van der Waals surface area contributed by atoms with Gasteiger partial charge >= 0.3 is 0 Å². The molecule has 0 aliphatic heterocycles. The predicted octanol–water partition coefficient (Wildman–Crippen LogP) is 8.91. The first-order valence-electron chi connectivity index (χ1n) is 14.2. The summed E-state index contributed by atoms with van der Waals surface area (Å²) in [5, 5.41) is 8.78. The highest BCUT2D eigenvalue weighted by Gasteiger charge is 2.07. The van der Waals surface area contributed by atoms with E-state index in [1.54, 1.807) is 7.11 Å². The number of aliphatic hydroxyl groups is 1. The van der Waals surface area contributed by atoms with Gasteiger partial charge in [0.1, 0.15) is 0 Å². The van der Waals surface area contributed by atoms with Crippen LogP contribution in [-0.2, 0) is 9.47 Å². The summed E-state index contributed by atoms with van der Waals surface area (Å²) in [6, 6.07) is 0. The standard InChI is InChI=1S/C28H58O3S/c1-3-4-5-6-7-8-9-10-11-12-13-14-15-16-18-21-25-31-28(30-2)23-27-32-26-22-19-17-20-24-29/h28-29H,3-27H2,1-2H3. The molecule has 0 radical (unpaired) electrons. The molecule has 0 aliphatic rings. The Bertz CT molecular complexity index is 328. The van der Waals surface area contributed by atoms with Gasteiger partial charge < -0.3 is 14.6 Å². The van der Waals surface area contributed by atoms with E-state index in [0.717, 1.165) is 38.0 Å². The van der Waals surface area contributed by atoms with Crippen molar-refractivity contribution in [2.24, 2.45) is 0 Å². The van der Waals surface area contributed by atoms with Gasteiger partial charge in [-0.15, -0.1) is 0 Å². The Hall–Kier alpha value is 0.230. The van der Waals surface area contributed by atoms with Gasteiger partial charge in [-0.1, -0.05) is 116 Å². The minimum Gasteiger partial charge on any atom is -0.396 e. The van der Waals surface area contributed by atoms with E-state index in [0.29, 0.717) is 6.61 Å². The average Bonchev–Trinajstić information content (AvgIpc) is 2.81. The van der Waals surface area contributed by atoms with E-state index < -0.39 is 0 Å². The summed E-state index contributed by atoms with van der Waals surface area (Å²) in [5.41, 5.74) is 0. The predicted molar refractivity (Wildman–Crippen MR) is 144 cm³/mol. The Morgan fingerprint density at radius 1 is 0.594 bits per heavy atom. The summed E-state index contributed by atoms with van der Waals surface area (Å²) in [4.78, 5) is 0. The van der Waals surface area contributed by atoms with Gasteiger partial charge in [-0.25, -0.2) is 0 Å². The van der Waals surface area contributed by atoms with Crippen LogP contribution in [0.1, 0.15) is 142 Å². The van der Waals surface area contributed by atoms with E-state index in [2.05, 4.69) is 6.92 Å². The van der Waals surface area contributed by atoms with Gasteiger partial charge in [0.15, 0.2) is 6.29 Å². The van der Waals surface area contributed by atoms with Crippen LogP contribution in [0.25, 0.3) is 0 Å². The molecular formula is C28H58O3S. The molecule has 1 N–H and O–H groups in total. The van der Waals surface area contributed by atoms with Gasteiger partial charge in [0.05, 0.1) is 0 Å². The summed E-state index contributed by atoms with van der Waals surface area (Å²) in [6.07, 6.45) is 28.0. The number of rotatable bonds is 28. The summed E-state index contributed by atoms with van der Waals surface area (Å²) < 4.78 is 11.4. The fraction of sp³-hybridized carbons (Fsp3) is 1.00. The van der Waals surface area contributed by atoms with Crippen LogP contribution in [0.4, 0.5) is 0 Å². The molecule has 1 unspecified atom stereocenters. The molecular weight excluding hydrogens is 416 g/mol. The molecule has 0 aromatic rings. The van der Waals surface area contributed by atoms with E-state index in [9.17, 15) is 0 Å². The molecule has 0 fully saturated rings. The van der Waals surface area contributed by atoms with Crippen LogP contribution >= 0.6 is 11.8 Å². The molecule has 0 saturated carbocycles. The molecule has 0 amide bonds. The van der Waals surface area contributed by atoms with Crippen LogP contribution < -0.4 is 0 Å². The van der Waals surface area contributed by atoms with Crippen LogP contribution in [0.2, 0.25) is 0 Å². The lowest BCUT2D eigenvalue weighted by molar-refractivity contribution is -0.124. The number of thioether (sulfide) groups is 1. The molecule has 194 valence electrons. The third kappa shape index (κ3) is 26.5. The summed E-state index contributed by atoms with van der Waals surface area (Å²) in [5.74, 6) is 2.32. The molecule has 0 bridgehead atoms. The van der Waals surface area contributed by atoms with Crippen LogP contribution in [0.5, 0.6) is 0 Å². The zero-order valence-corrected chi connectivity index (χ0v) is 22.7. The van der Waals surface area contributed by atoms with Crippen molar-refractivity contribution < 1.29 is 14.6 Å². The molecule has 32 heavy (non-hydrogen) atoms. The molecule has 0 aromatic carbocycles. The van der Waals surface area contributed by atoms with Crippen molar-refractivity contribution in [2.45, 2.75) is 148 Å². The second-order valence-corrected chi connectivity index (χ2v) is 10.6. The molecule has 0 aromatic heterocycles. The molecule has 0 saturated heterocycles. The topological polar surface area (TPSA) is 38.7 Å². The van der Waals surface area contributed by atoms with E-state index in [4.69, 9.17) is 14.6 Å². The van der Waals surface area contributed by atoms with E-state index >= 15 is 0 Å².